The highest BCUT2D eigenvalue weighted by molar-refractivity contribution is 5.86. The second-order valence-electron chi connectivity index (χ2n) is 13.5. The Morgan fingerprint density at radius 1 is 0.310 bits per heavy atom. The van der Waals surface area contributed by atoms with Crippen molar-refractivity contribution in [3.8, 4) is 46.5 Å². The first-order chi connectivity index (χ1) is 28.3. The molecule has 0 saturated heterocycles. The lowest BCUT2D eigenvalue weighted by Gasteiger charge is -2.18. The summed E-state index contributed by atoms with van der Waals surface area (Å²) in [5.41, 5.74) is 4.62. The average molecular weight is 771 g/mol. The molecule has 0 amide bonds. The van der Waals surface area contributed by atoms with Crippen LogP contribution in [-0.2, 0) is 26.4 Å². The number of phenolic OH excluding ortho intramolecular Hbond substituents is 4. The smallest absolute Gasteiger partial charge is 0.214 e. The summed E-state index contributed by atoms with van der Waals surface area (Å²) in [7, 11) is 0. The van der Waals surface area contributed by atoms with Crippen LogP contribution in [0.1, 0.15) is 22.3 Å². The molecule has 0 unspecified atom stereocenters. The van der Waals surface area contributed by atoms with E-state index in [0.717, 1.165) is 43.8 Å². The number of phenols is 4. The minimum Gasteiger partial charge on any atom is -0.506 e. The highest BCUT2D eigenvalue weighted by Gasteiger charge is 2.16. The van der Waals surface area contributed by atoms with Crippen LogP contribution >= 0.6 is 0 Å². The Morgan fingerprint density at radius 3 is 0.793 bits per heavy atom. The lowest BCUT2D eigenvalue weighted by Crippen LogP contribution is -2.11. The van der Waals surface area contributed by atoms with Crippen molar-refractivity contribution in [2.24, 2.45) is 0 Å². The van der Waals surface area contributed by atoms with Crippen molar-refractivity contribution in [2.45, 2.75) is 26.4 Å². The summed E-state index contributed by atoms with van der Waals surface area (Å²) < 4.78 is 25.0. The number of aromatic nitrogens is 4. The highest BCUT2D eigenvalue weighted by Crippen LogP contribution is 2.31. The molecule has 0 atom stereocenters. The standard InChI is InChI=1S/C46H34N4O8/c51-35-9-1-5-27-13-17-39(47-43(27)35)55-23-31-21-33(25-57-41-19-15-29-7-3-11-37(53)45(29)49-41)34(26-58-42-20-16-30-8-4-12-38(54)46(30)50-42)22-32(31)24-56-40-18-14-28-6-2-10-36(52)44(28)48-40/h1-22,51-54H,23-26H2. The van der Waals surface area contributed by atoms with Gasteiger partial charge in [0.1, 0.15) is 71.5 Å². The van der Waals surface area contributed by atoms with Crippen molar-refractivity contribution < 1.29 is 39.4 Å². The molecule has 0 aliphatic rings. The molecule has 0 aliphatic heterocycles. The summed E-state index contributed by atoms with van der Waals surface area (Å²) in [5, 5.41) is 44.9. The van der Waals surface area contributed by atoms with Crippen LogP contribution in [0.15, 0.2) is 133 Å². The average Bonchev–Trinajstić information content (AvgIpc) is 3.24. The fraction of sp³-hybridized carbons (Fsp3) is 0.0870. The monoisotopic (exact) mass is 770 g/mol. The van der Waals surface area contributed by atoms with Gasteiger partial charge in [-0.05, 0) is 82.9 Å². The third-order valence-electron chi connectivity index (χ3n) is 9.72. The molecule has 0 fully saturated rings. The van der Waals surface area contributed by atoms with Crippen LogP contribution in [-0.4, -0.2) is 40.4 Å². The van der Waals surface area contributed by atoms with E-state index in [9.17, 15) is 20.4 Å². The normalized spacial score (nSPS) is 11.3. The number of para-hydroxylation sites is 4. The fourth-order valence-corrected chi connectivity index (χ4v) is 6.71. The van der Waals surface area contributed by atoms with Crippen LogP contribution in [0.2, 0.25) is 0 Å². The lowest BCUT2D eigenvalue weighted by atomic mass is 9.99. The van der Waals surface area contributed by atoms with E-state index in [1.807, 2.05) is 60.7 Å². The Balaban J connectivity index is 1.08. The van der Waals surface area contributed by atoms with Gasteiger partial charge in [-0.15, -0.1) is 0 Å². The van der Waals surface area contributed by atoms with Crippen molar-refractivity contribution in [1.82, 2.24) is 19.9 Å². The molecule has 9 aromatic rings. The van der Waals surface area contributed by atoms with Gasteiger partial charge < -0.3 is 39.4 Å². The van der Waals surface area contributed by atoms with Gasteiger partial charge in [-0.1, -0.05) is 48.5 Å². The molecular formula is C46H34N4O8. The SMILES string of the molecule is Oc1cccc2ccc(OCc3cc(COc4ccc5cccc(O)c5n4)c(COc4ccc5cccc(O)c5n4)cc3COc3ccc4cccc(O)c4n3)nc12. The molecule has 4 N–H and O–H groups in total. The summed E-state index contributed by atoms with van der Waals surface area (Å²) in [6, 6.07) is 38.9. The number of rotatable bonds is 12. The summed E-state index contributed by atoms with van der Waals surface area (Å²) in [4.78, 5) is 18.2. The van der Waals surface area contributed by atoms with E-state index in [0.29, 0.717) is 45.6 Å². The number of aromatic hydroxyl groups is 4. The third-order valence-corrected chi connectivity index (χ3v) is 9.72. The van der Waals surface area contributed by atoms with Crippen molar-refractivity contribution >= 4 is 43.6 Å². The molecule has 0 spiro atoms. The Bertz CT molecular complexity index is 2600. The second-order valence-corrected chi connectivity index (χ2v) is 13.5. The van der Waals surface area contributed by atoms with Gasteiger partial charge in [-0.25, -0.2) is 19.9 Å². The van der Waals surface area contributed by atoms with Crippen LogP contribution in [0.5, 0.6) is 46.5 Å². The van der Waals surface area contributed by atoms with Gasteiger partial charge in [0.05, 0.1) is 0 Å². The first-order valence-corrected chi connectivity index (χ1v) is 18.3. The van der Waals surface area contributed by atoms with Gasteiger partial charge in [0.2, 0.25) is 23.5 Å². The lowest BCUT2D eigenvalue weighted by molar-refractivity contribution is 0.265. The first-order valence-electron chi connectivity index (χ1n) is 18.3. The number of hydrogen-bond donors (Lipinski definition) is 4. The molecular weight excluding hydrogens is 737 g/mol. The van der Waals surface area contributed by atoms with Crippen LogP contribution < -0.4 is 18.9 Å². The zero-order valence-electron chi connectivity index (χ0n) is 30.7. The molecule has 5 aromatic carbocycles. The van der Waals surface area contributed by atoms with Crippen LogP contribution in [0.4, 0.5) is 0 Å². The zero-order chi connectivity index (χ0) is 39.6. The predicted molar refractivity (Wildman–Crippen MR) is 217 cm³/mol. The van der Waals surface area contributed by atoms with Gasteiger partial charge >= 0.3 is 0 Å². The van der Waals surface area contributed by atoms with Gasteiger partial charge in [0.25, 0.3) is 0 Å². The summed E-state index contributed by atoms with van der Waals surface area (Å²) >= 11 is 0. The topological polar surface area (TPSA) is 169 Å². The first kappa shape index (κ1) is 35.8. The molecule has 9 rings (SSSR count). The third kappa shape index (κ3) is 7.41. The molecule has 12 heteroatoms. The van der Waals surface area contributed by atoms with E-state index in [4.69, 9.17) is 18.9 Å². The van der Waals surface area contributed by atoms with E-state index >= 15 is 0 Å². The van der Waals surface area contributed by atoms with E-state index < -0.39 is 0 Å². The van der Waals surface area contributed by atoms with E-state index in [1.54, 1.807) is 72.8 Å². The Labute approximate surface area is 330 Å². The summed E-state index contributed by atoms with van der Waals surface area (Å²) in [6.07, 6.45) is 0. The van der Waals surface area contributed by atoms with Gasteiger partial charge in [0.15, 0.2) is 0 Å². The van der Waals surface area contributed by atoms with Crippen LogP contribution in [0.25, 0.3) is 43.6 Å². The Morgan fingerprint density at radius 2 is 0.552 bits per heavy atom. The molecule has 58 heavy (non-hydrogen) atoms. The number of benzene rings is 5. The van der Waals surface area contributed by atoms with Crippen molar-refractivity contribution in [3.05, 3.63) is 156 Å². The van der Waals surface area contributed by atoms with Crippen LogP contribution in [0, 0.1) is 0 Å². The Kier molecular flexibility index (Phi) is 9.48. The van der Waals surface area contributed by atoms with Gasteiger partial charge in [-0.2, -0.15) is 0 Å². The highest BCUT2D eigenvalue weighted by atomic mass is 16.5. The molecule has 4 heterocycles. The maximum atomic E-state index is 10.5. The number of ether oxygens (including phenoxy) is 4. The molecule has 0 radical (unpaired) electrons. The van der Waals surface area contributed by atoms with E-state index in [1.165, 1.54) is 0 Å². The zero-order valence-corrected chi connectivity index (χ0v) is 30.7. The molecule has 0 saturated carbocycles. The predicted octanol–water partition coefficient (Wildman–Crippen LogP) is 9.02. The summed E-state index contributed by atoms with van der Waals surface area (Å²) in [6.45, 7) is 0.272. The largest absolute Gasteiger partial charge is 0.506 e. The second kappa shape index (κ2) is 15.3. The molecule has 12 nitrogen and oxygen atoms in total. The minimum absolute atomic E-state index is 0.0430. The van der Waals surface area contributed by atoms with Crippen molar-refractivity contribution in [3.63, 3.8) is 0 Å². The summed E-state index contributed by atoms with van der Waals surface area (Å²) in [5.74, 6) is 1.41. The van der Waals surface area contributed by atoms with E-state index in [-0.39, 0.29) is 49.4 Å². The van der Waals surface area contributed by atoms with Crippen molar-refractivity contribution in [2.75, 3.05) is 0 Å². The maximum Gasteiger partial charge on any atom is 0.214 e. The molecule has 286 valence electrons. The maximum absolute atomic E-state index is 10.5. The number of hydrogen-bond acceptors (Lipinski definition) is 12. The molecule has 0 aliphatic carbocycles. The molecule has 0 bridgehead atoms. The fourth-order valence-electron chi connectivity index (χ4n) is 6.71. The van der Waals surface area contributed by atoms with Crippen molar-refractivity contribution in [1.29, 1.82) is 0 Å². The van der Waals surface area contributed by atoms with Gasteiger partial charge in [0, 0.05) is 45.8 Å². The quantitative estimate of drug-likeness (QED) is 0.0932. The Hall–Kier alpha value is -7.86. The van der Waals surface area contributed by atoms with E-state index in [2.05, 4.69) is 19.9 Å². The number of fused-ring (bicyclic) bond motifs is 4. The van der Waals surface area contributed by atoms with Crippen LogP contribution in [0.3, 0.4) is 0 Å². The number of pyridine rings is 4. The molecule has 4 aromatic heterocycles. The number of nitrogens with zero attached hydrogens (tertiary/aromatic N) is 4. The minimum atomic E-state index is 0.0430. The van der Waals surface area contributed by atoms with Gasteiger partial charge in [-0.3, -0.25) is 0 Å².